The second kappa shape index (κ2) is 6.36. The van der Waals surface area contributed by atoms with Gasteiger partial charge in [-0.2, -0.15) is 16.7 Å². The van der Waals surface area contributed by atoms with Gasteiger partial charge in [-0.1, -0.05) is 18.0 Å². The Morgan fingerprint density at radius 1 is 1.43 bits per heavy atom. The summed E-state index contributed by atoms with van der Waals surface area (Å²) in [6.07, 6.45) is 3.53. The van der Waals surface area contributed by atoms with Crippen molar-refractivity contribution in [3.8, 4) is 0 Å². The predicted molar refractivity (Wildman–Crippen MR) is 79.3 cm³/mol. The maximum absolute atomic E-state index is 11.4. The van der Waals surface area contributed by atoms with Crippen LogP contribution >= 0.6 is 11.8 Å². The topological polar surface area (TPSA) is 79.5 Å². The molecule has 0 bridgehead atoms. The molecule has 2 aliphatic rings. The van der Waals surface area contributed by atoms with Gasteiger partial charge in [0.15, 0.2) is 5.82 Å². The molecule has 3 rings (SSSR count). The van der Waals surface area contributed by atoms with E-state index in [1.807, 2.05) is 11.8 Å². The molecule has 0 aromatic carbocycles. The number of carbonyl (C=O) groups is 1. The highest BCUT2D eigenvalue weighted by Gasteiger charge is 2.36. The van der Waals surface area contributed by atoms with Crippen molar-refractivity contribution in [3.05, 3.63) is 11.7 Å². The van der Waals surface area contributed by atoms with Gasteiger partial charge in [0.2, 0.25) is 5.89 Å². The second-order valence-electron chi connectivity index (χ2n) is 5.90. The second-order valence-corrected chi connectivity index (χ2v) is 7.05. The number of rotatable bonds is 3. The zero-order chi connectivity index (χ0) is 14.8. The maximum atomic E-state index is 11.4. The van der Waals surface area contributed by atoms with Gasteiger partial charge in [-0.15, -0.1) is 0 Å². The van der Waals surface area contributed by atoms with Gasteiger partial charge < -0.3 is 9.63 Å². The monoisotopic (exact) mass is 311 g/mol. The smallest absolute Gasteiger partial charge is 0.307 e. The van der Waals surface area contributed by atoms with Gasteiger partial charge in [0.25, 0.3) is 0 Å². The minimum Gasteiger partial charge on any atom is -0.481 e. The molecule has 6 nitrogen and oxygen atoms in total. The first kappa shape index (κ1) is 14.8. The molecule has 2 heterocycles. The maximum Gasteiger partial charge on any atom is 0.307 e. The molecule has 1 saturated carbocycles. The number of carboxylic acid groups (broad SMARTS) is 1. The van der Waals surface area contributed by atoms with E-state index in [-0.39, 0.29) is 17.9 Å². The molecule has 1 saturated heterocycles. The minimum absolute atomic E-state index is 0.126. The third-order valence-electron chi connectivity index (χ3n) is 4.55. The number of nitrogens with zero attached hydrogens (tertiary/aromatic N) is 3. The van der Waals surface area contributed by atoms with Crippen LogP contribution in [0.15, 0.2) is 4.52 Å². The van der Waals surface area contributed by atoms with E-state index in [4.69, 9.17) is 4.52 Å². The molecule has 1 aliphatic carbocycles. The molecular formula is C14H21N3O3S. The summed E-state index contributed by atoms with van der Waals surface area (Å²) < 4.78 is 5.43. The molecule has 1 aliphatic heterocycles. The first-order chi connectivity index (χ1) is 10.2. The van der Waals surface area contributed by atoms with Crippen LogP contribution in [0.3, 0.4) is 0 Å². The average Bonchev–Trinajstić information content (AvgIpc) is 2.97. The first-order valence-corrected chi connectivity index (χ1v) is 8.66. The molecule has 7 heteroatoms. The van der Waals surface area contributed by atoms with E-state index in [0.29, 0.717) is 18.1 Å². The van der Waals surface area contributed by atoms with Crippen molar-refractivity contribution in [1.29, 1.82) is 0 Å². The van der Waals surface area contributed by atoms with Crippen LogP contribution in [0.2, 0.25) is 0 Å². The van der Waals surface area contributed by atoms with Crippen molar-refractivity contribution in [2.45, 2.75) is 37.6 Å². The lowest BCUT2D eigenvalue weighted by Crippen LogP contribution is -2.33. The standard InChI is InChI=1S/C14H21N3O3S/c1-17-6-7-21-8-11(17)12-15-13(20-16-12)9-4-2-3-5-10(9)14(18)19/h9-11H,2-8H2,1H3,(H,18,19). The van der Waals surface area contributed by atoms with E-state index >= 15 is 0 Å². The van der Waals surface area contributed by atoms with Crippen LogP contribution in [-0.4, -0.2) is 51.2 Å². The fourth-order valence-electron chi connectivity index (χ4n) is 3.21. The van der Waals surface area contributed by atoms with Crippen molar-refractivity contribution in [2.75, 3.05) is 25.1 Å². The SMILES string of the molecule is CN1CCSCC1c1noc(C2CCCCC2C(=O)O)n1. The van der Waals surface area contributed by atoms with Crippen LogP contribution in [0.25, 0.3) is 0 Å². The first-order valence-electron chi connectivity index (χ1n) is 7.51. The summed E-state index contributed by atoms with van der Waals surface area (Å²) in [4.78, 5) is 18.2. The van der Waals surface area contributed by atoms with Crippen molar-refractivity contribution < 1.29 is 14.4 Å². The van der Waals surface area contributed by atoms with Crippen LogP contribution < -0.4 is 0 Å². The summed E-state index contributed by atoms with van der Waals surface area (Å²) >= 11 is 1.89. The lowest BCUT2D eigenvalue weighted by Gasteiger charge is -2.29. The summed E-state index contributed by atoms with van der Waals surface area (Å²) in [5.41, 5.74) is 0. The fraction of sp³-hybridized carbons (Fsp3) is 0.786. The zero-order valence-electron chi connectivity index (χ0n) is 12.2. The van der Waals surface area contributed by atoms with Crippen LogP contribution in [-0.2, 0) is 4.79 Å². The summed E-state index contributed by atoms with van der Waals surface area (Å²) in [7, 11) is 2.07. The third-order valence-corrected chi connectivity index (χ3v) is 5.57. The van der Waals surface area contributed by atoms with Crippen molar-refractivity contribution in [3.63, 3.8) is 0 Å². The molecule has 1 N–H and O–H groups in total. The summed E-state index contributed by atoms with van der Waals surface area (Å²) in [6, 6.07) is 0.174. The Morgan fingerprint density at radius 2 is 2.24 bits per heavy atom. The fourth-order valence-corrected chi connectivity index (χ4v) is 4.42. The lowest BCUT2D eigenvalue weighted by molar-refractivity contribution is -0.143. The largest absolute Gasteiger partial charge is 0.481 e. The summed E-state index contributed by atoms with van der Waals surface area (Å²) in [5.74, 6) is 2.05. The normalized spacial score (nSPS) is 31.2. The van der Waals surface area contributed by atoms with E-state index in [2.05, 4.69) is 22.1 Å². The lowest BCUT2D eigenvalue weighted by atomic mass is 9.79. The van der Waals surface area contributed by atoms with Crippen molar-refractivity contribution in [2.24, 2.45) is 5.92 Å². The number of aliphatic carboxylic acids is 1. The van der Waals surface area contributed by atoms with Gasteiger partial charge in [-0.25, -0.2) is 0 Å². The van der Waals surface area contributed by atoms with Gasteiger partial charge >= 0.3 is 5.97 Å². The van der Waals surface area contributed by atoms with E-state index < -0.39 is 5.97 Å². The highest BCUT2D eigenvalue weighted by Crippen LogP contribution is 2.38. The van der Waals surface area contributed by atoms with Gasteiger partial charge in [0.1, 0.15) is 0 Å². The minimum atomic E-state index is -0.746. The van der Waals surface area contributed by atoms with Crippen molar-refractivity contribution >= 4 is 17.7 Å². The molecule has 21 heavy (non-hydrogen) atoms. The molecule has 1 aromatic heterocycles. The van der Waals surface area contributed by atoms with E-state index in [1.165, 1.54) is 0 Å². The van der Waals surface area contributed by atoms with Crippen molar-refractivity contribution in [1.82, 2.24) is 15.0 Å². The van der Waals surface area contributed by atoms with Crippen LogP contribution in [0.1, 0.15) is 49.4 Å². The highest BCUT2D eigenvalue weighted by atomic mass is 32.2. The van der Waals surface area contributed by atoms with E-state index in [0.717, 1.165) is 37.3 Å². The number of thioether (sulfide) groups is 1. The summed E-state index contributed by atoms with van der Waals surface area (Å²) in [5, 5.41) is 13.5. The Morgan fingerprint density at radius 3 is 3.00 bits per heavy atom. The van der Waals surface area contributed by atoms with E-state index in [1.54, 1.807) is 0 Å². The molecule has 1 aromatic rings. The van der Waals surface area contributed by atoms with E-state index in [9.17, 15) is 9.90 Å². The molecule has 3 atom stereocenters. The number of hydrogen-bond acceptors (Lipinski definition) is 6. The molecule has 2 fully saturated rings. The Labute approximate surface area is 128 Å². The Hall–Kier alpha value is -1.08. The highest BCUT2D eigenvalue weighted by molar-refractivity contribution is 7.99. The van der Waals surface area contributed by atoms with Gasteiger partial charge in [-0.05, 0) is 19.9 Å². The number of hydrogen-bond donors (Lipinski definition) is 1. The molecule has 0 spiro atoms. The average molecular weight is 311 g/mol. The molecule has 116 valence electrons. The molecule has 3 unspecified atom stereocenters. The zero-order valence-corrected chi connectivity index (χ0v) is 13.0. The van der Waals surface area contributed by atoms with Crippen LogP contribution in [0, 0.1) is 5.92 Å². The van der Waals surface area contributed by atoms with Crippen LogP contribution in [0.4, 0.5) is 0 Å². The van der Waals surface area contributed by atoms with Gasteiger partial charge in [-0.3, -0.25) is 9.69 Å². The van der Waals surface area contributed by atoms with Gasteiger partial charge in [0, 0.05) is 18.1 Å². The predicted octanol–water partition coefficient (Wildman–Crippen LogP) is 2.15. The Bertz CT molecular complexity index is 507. The number of carboxylic acids is 1. The third kappa shape index (κ3) is 3.08. The Balaban J connectivity index is 1.78. The summed E-state index contributed by atoms with van der Waals surface area (Å²) in [6.45, 7) is 1.01. The number of aromatic nitrogens is 2. The molecule has 0 amide bonds. The molecular weight excluding hydrogens is 290 g/mol. The Kier molecular flexibility index (Phi) is 4.49. The van der Waals surface area contributed by atoms with Crippen LogP contribution in [0.5, 0.6) is 0 Å². The molecule has 0 radical (unpaired) electrons. The van der Waals surface area contributed by atoms with Gasteiger partial charge in [0.05, 0.1) is 17.9 Å². The quantitative estimate of drug-likeness (QED) is 0.916.